The molecule has 0 radical (unpaired) electrons. The molecule has 148 valence electrons. The maximum Gasteiger partial charge on any atom is 0.241 e. The molecule has 1 amide bonds. The molecule has 2 saturated heterocycles. The standard InChI is InChI=1S/C20H21ClN2O4S/c1-27-19-8-3-2-5-14(19)10-22-11-20(24)23(16-7-4-6-15(21)9-16)18-13-28(25,26)12-17(18)22/h2-9,17-18H,10-13H2,1H3/t17-,18+/m0/s1. The molecule has 2 aromatic rings. The van der Waals surface area contributed by atoms with Crippen molar-refractivity contribution in [3.63, 3.8) is 0 Å². The molecular formula is C20H21ClN2O4S. The summed E-state index contributed by atoms with van der Waals surface area (Å²) in [5.41, 5.74) is 1.57. The van der Waals surface area contributed by atoms with Gasteiger partial charge in [-0.25, -0.2) is 8.42 Å². The second kappa shape index (κ2) is 7.39. The Morgan fingerprint density at radius 2 is 1.86 bits per heavy atom. The van der Waals surface area contributed by atoms with E-state index >= 15 is 0 Å². The number of piperazine rings is 1. The quantitative estimate of drug-likeness (QED) is 0.759. The second-order valence-electron chi connectivity index (χ2n) is 7.17. The predicted molar refractivity (Wildman–Crippen MR) is 109 cm³/mol. The highest BCUT2D eigenvalue weighted by Gasteiger charge is 2.49. The van der Waals surface area contributed by atoms with Crippen molar-refractivity contribution < 1.29 is 17.9 Å². The van der Waals surface area contributed by atoms with Crippen molar-refractivity contribution >= 4 is 33.0 Å². The smallest absolute Gasteiger partial charge is 0.241 e. The van der Waals surface area contributed by atoms with Crippen LogP contribution < -0.4 is 9.64 Å². The maximum atomic E-state index is 13.0. The normalized spacial score (nSPS) is 24.2. The van der Waals surface area contributed by atoms with Crippen LogP contribution in [0.2, 0.25) is 5.02 Å². The number of carbonyl (C=O) groups excluding carboxylic acids is 1. The van der Waals surface area contributed by atoms with Crippen molar-refractivity contribution in [2.24, 2.45) is 0 Å². The van der Waals surface area contributed by atoms with Gasteiger partial charge in [0.1, 0.15) is 5.75 Å². The largest absolute Gasteiger partial charge is 0.496 e. The minimum absolute atomic E-state index is 0.0389. The Morgan fingerprint density at radius 1 is 1.11 bits per heavy atom. The summed E-state index contributed by atoms with van der Waals surface area (Å²) in [5.74, 6) is 0.593. The zero-order chi connectivity index (χ0) is 19.9. The average molecular weight is 421 g/mol. The Kier molecular flexibility index (Phi) is 5.07. The van der Waals surface area contributed by atoms with Crippen molar-refractivity contribution in [2.75, 3.05) is 30.1 Å². The first-order valence-corrected chi connectivity index (χ1v) is 11.2. The molecule has 0 aliphatic carbocycles. The third-order valence-corrected chi connectivity index (χ3v) is 7.29. The van der Waals surface area contributed by atoms with E-state index in [0.717, 1.165) is 11.3 Å². The van der Waals surface area contributed by atoms with Crippen molar-refractivity contribution in [3.8, 4) is 5.75 Å². The van der Waals surface area contributed by atoms with Gasteiger partial charge in [0.25, 0.3) is 0 Å². The number of halogens is 1. The summed E-state index contributed by atoms with van der Waals surface area (Å²) in [6.07, 6.45) is 0. The zero-order valence-electron chi connectivity index (χ0n) is 15.4. The monoisotopic (exact) mass is 420 g/mol. The molecule has 6 nitrogen and oxygen atoms in total. The van der Waals surface area contributed by atoms with Crippen molar-refractivity contribution in [1.29, 1.82) is 0 Å². The van der Waals surface area contributed by atoms with E-state index in [-0.39, 0.29) is 30.0 Å². The molecule has 0 unspecified atom stereocenters. The van der Waals surface area contributed by atoms with Crippen LogP contribution in [0.1, 0.15) is 5.56 Å². The van der Waals surface area contributed by atoms with Crippen LogP contribution in [0, 0.1) is 0 Å². The fourth-order valence-corrected chi connectivity index (χ4v) is 6.31. The molecule has 0 saturated carbocycles. The highest BCUT2D eigenvalue weighted by molar-refractivity contribution is 7.91. The van der Waals surface area contributed by atoms with Gasteiger partial charge >= 0.3 is 0 Å². The second-order valence-corrected chi connectivity index (χ2v) is 9.76. The number of nitrogens with zero attached hydrogens (tertiary/aromatic N) is 2. The van der Waals surface area contributed by atoms with Gasteiger partial charge in [-0.1, -0.05) is 35.9 Å². The van der Waals surface area contributed by atoms with E-state index in [1.165, 1.54) is 0 Å². The molecule has 4 rings (SSSR count). The molecule has 0 spiro atoms. The number of carbonyl (C=O) groups is 1. The number of fused-ring (bicyclic) bond motifs is 1. The summed E-state index contributed by atoms with van der Waals surface area (Å²) in [5, 5.41) is 0.513. The summed E-state index contributed by atoms with van der Waals surface area (Å²) in [4.78, 5) is 16.6. The van der Waals surface area contributed by atoms with Gasteiger partial charge in [-0.3, -0.25) is 9.69 Å². The summed E-state index contributed by atoms with van der Waals surface area (Å²) < 4.78 is 30.3. The van der Waals surface area contributed by atoms with Crippen molar-refractivity contribution in [3.05, 3.63) is 59.1 Å². The lowest BCUT2D eigenvalue weighted by atomic mass is 10.0. The lowest BCUT2D eigenvalue weighted by Crippen LogP contribution is -2.61. The first kappa shape index (κ1) is 19.2. The number of rotatable bonds is 4. The Balaban J connectivity index is 1.68. The molecule has 2 heterocycles. The molecule has 2 aromatic carbocycles. The fraction of sp³-hybridized carbons (Fsp3) is 0.350. The summed E-state index contributed by atoms with van der Waals surface area (Å²) in [7, 11) is -1.64. The molecule has 2 aliphatic heterocycles. The molecule has 0 N–H and O–H groups in total. The third kappa shape index (κ3) is 3.62. The van der Waals surface area contributed by atoms with Gasteiger partial charge in [-0.05, 0) is 24.3 Å². The lowest BCUT2D eigenvalue weighted by Gasteiger charge is -2.43. The van der Waals surface area contributed by atoms with E-state index in [1.54, 1.807) is 36.3 Å². The van der Waals surface area contributed by atoms with E-state index < -0.39 is 15.9 Å². The van der Waals surface area contributed by atoms with Gasteiger partial charge in [0.2, 0.25) is 5.91 Å². The maximum absolute atomic E-state index is 13.0. The van der Waals surface area contributed by atoms with E-state index in [0.29, 0.717) is 17.3 Å². The van der Waals surface area contributed by atoms with Gasteiger partial charge in [0, 0.05) is 28.9 Å². The van der Waals surface area contributed by atoms with Gasteiger partial charge < -0.3 is 9.64 Å². The van der Waals surface area contributed by atoms with Crippen LogP contribution in [0.15, 0.2) is 48.5 Å². The number of benzene rings is 2. The van der Waals surface area contributed by atoms with E-state index in [9.17, 15) is 13.2 Å². The van der Waals surface area contributed by atoms with Gasteiger partial charge in [0.15, 0.2) is 9.84 Å². The van der Waals surface area contributed by atoms with E-state index in [2.05, 4.69) is 0 Å². The summed E-state index contributed by atoms with van der Waals surface area (Å²) in [6.45, 7) is 0.594. The third-order valence-electron chi connectivity index (χ3n) is 5.35. The molecule has 8 heteroatoms. The summed E-state index contributed by atoms with van der Waals surface area (Å²) in [6, 6.07) is 13.9. The number of ether oxygens (including phenoxy) is 1. The number of methoxy groups -OCH3 is 1. The number of amides is 1. The Labute approximate surface area is 169 Å². The zero-order valence-corrected chi connectivity index (χ0v) is 17.0. The van der Waals surface area contributed by atoms with Crippen LogP contribution in [-0.2, 0) is 21.2 Å². The molecule has 28 heavy (non-hydrogen) atoms. The van der Waals surface area contributed by atoms with E-state index in [4.69, 9.17) is 16.3 Å². The average Bonchev–Trinajstić information content (AvgIpc) is 2.97. The molecule has 2 atom stereocenters. The van der Waals surface area contributed by atoms with Gasteiger partial charge in [-0.15, -0.1) is 0 Å². The van der Waals surface area contributed by atoms with Crippen LogP contribution in [0.4, 0.5) is 5.69 Å². The minimum Gasteiger partial charge on any atom is -0.496 e. The molecular weight excluding hydrogens is 400 g/mol. The molecule has 2 aliphatic rings. The van der Waals surface area contributed by atoms with Gasteiger partial charge in [-0.2, -0.15) is 0 Å². The van der Waals surface area contributed by atoms with Crippen LogP contribution in [0.3, 0.4) is 0 Å². The predicted octanol–water partition coefficient (Wildman–Crippen LogP) is 2.36. The lowest BCUT2D eigenvalue weighted by molar-refractivity contribution is -0.123. The van der Waals surface area contributed by atoms with Crippen molar-refractivity contribution in [1.82, 2.24) is 4.90 Å². The Morgan fingerprint density at radius 3 is 2.61 bits per heavy atom. The van der Waals surface area contributed by atoms with Crippen molar-refractivity contribution in [2.45, 2.75) is 18.6 Å². The molecule has 0 aromatic heterocycles. The number of sulfone groups is 1. The highest BCUT2D eigenvalue weighted by Crippen LogP contribution is 2.34. The number of hydrogen-bond donors (Lipinski definition) is 0. The first-order valence-electron chi connectivity index (χ1n) is 9.02. The SMILES string of the molecule is COc1ccccc1CN1CC(=O)N(c2cccc(Cl)c2)[C@@H]2CS(=O)(=O)C[C@@H]21. The van der Waals surface area contributed by atoms with Crippen LogP contribution in [-0.4, -0.2) is 56.5 Å². The highest BCUT2D eigenvalue weighted by atomic mass is 35.5. The topological polar surface area (TPSA) is 66.9 Å². The number of hydrogen-bond acceptors (Lipinski definition) is 5. The van der Waals surface area contributed by atoms with E-state index in [1.807, 2.05) is 29.2 Å². The minimum atomic E-state index is -3.24. The van der Waals surface area contributed by atoms with Gasteiger partial charge in [0.05, 0.1) is 31.2 Å². The fourth-order valence-electron chi connectivity index (χ4n) is 4.15. The molecule has 2 fully saturated rings. The summed E-state index contributed by atoms with van der Waals surface area (Å²) >= 11 is 6.10. The van der Waals surface area contributed by atoms with Crippen LogP contribution in [0.5, 0.6) is 5.75 Å². The Hall–Kier alpha value is -2.09. The Bertz CT molecular complexity index is 1010. The van der Waals surface area contributed by atoms with Crippen LogP contribution in [0.25, 0.3) is 0 Å². The van der Waals surface area contributed by atoms with Crippen LogP contribution >= 0.6 is 11.6 Å². The molecule has 0 bridgehead atoms. The first-order chi connectivity index (χ1) is 13.4. The number of para-hydroxylation sites is 1. The number of anilines is 1.